The summed E-state index contributed by atoms with van der Waals surface area (Å²) in [6.45, 7) is 4.32. The molecule has 0 aliphatic carbocycles. The maximum absolute atomic E-state index is 9.75. The van der Waals surface area contributed by atoms with Crippen molar-refractivity contribution in [3.8, 4) is 0 Å². The number of aliphatic hydroxyl groups is 1. The average molecular weight is 277 g/mol. The second-order valence-electron chi connectivity index (χ2n) is 6.19. The van der Waals surface area contributed by atoms with Gasteiger partial charge in [0.05, 0.1) is 31.5 Å². The van der Waals surface area contributed by atoms with Gasteiger partial charge >= 0.3 is 0 Å². The molecule has 1 aromatic rings. The van der Waals surface area contributed by atoms with Crippen LogP contribution in [0.15, 0.2) is 30.3 Å². The largest absolute Gasteiger partial charge is 0.394 e. The van der Waals surface area contributed by atoms with Crippen molar-refractivity contribution >= 4 is 0 Å². The third-order valence-electron chi connectivity index (χ3n) is 4.52. The zero-order chi connectivity index (χ0) is 14.1. The summed E-state index contributed by atoms with van der Waals surface area (Å²) in [6, 6.07) is 10.1. The van der Waals surface area contributed by atoms with Crippen LogP contribution >= 0.6 is 0 Å². The highest BCUT2D eigenvalue weighted by atomic mass is 16.6. The first-order valence-corrected chi connectivity index (χ1v) is 7.33. The fourth-order valence-corrected chi connectivity index (χ4v) is 2.98. The normalized spacial score (nSPS) is 27.2. The van der Waals surface area contributed by atoms with Crippen molar-refractivity contribution < 1.29 is 14.6 Å². The molecule has 0 radical (unpaired) electrons. The Balaban J connectivity index is 1.59. The van der Waals surface area contributed by atoms with Crippen LogP contribution in [0.5, 0.6) is 0 Å². The molecule has 0 amide bonds. The number of rotatable bonds is 5. The molecule has 0 saturated carbocycles. The fourth-order valence-electron chi connectivity index (χ4n) is 2.98. The van der Waals surface area contributed by atoms with Crippen LogP contribution in [-0.2, 0) is 15.0 Å². The van der Waals surface area contributed by atoms with Gasteiger partial charge in [-0.25, -0.2) is 0 Å². The topological polar surface area (TPSA) is 50.7 Å². The van der Waals surface area contributed by atoms with E-state index in [1.165, 1.54) is 0 Å². The Hall–Kier alpha value is -0.940. The summed E-state index contributed by atoms with van der Waals surface area (Å²) < 4.78 is 11.4. The molecular weight excluding hydrogens is 254 g/mol. The molecule has 2 unspecified atom stereocenters. The van der Waals surface area contributed by atoms with Crippen LogP contribution in [0.4, 0.5) is 0 Å². The molecule has 20 heavy (non-hydrogen) atoms. The van der Waals surface area contributed by atoms with Crippen LogP contribution in [0.25, 0.3) is 0 Å². The fraction of sp³-hybridized carbons (Fsp3) is 0.625. The van der Waals surface area contributed by atoms with Crippen molar-refractivity contribution in [3.63, 3.8) is 0 Å². The maximum atomic E-state index is 9.75. The standard InChI is InChI=1S/C16H23NO3/c1-15(10-18,13-5-3-2-4-6-13)17-9-14-7-8-16(20-14)11-19-12-16/h2-6,14,17-18H,7-12H2,1H3. The molecule has 2 atom stereocenters. The van der Waals surface area contributed by atoms with Crippen LogP contribution < -0.4 is 5.32 Å². The number of aliphatic hydroxyl groups excluding tert-OH is 1. The van der Waals surface area contributed by atoms with E-state index in [1.54, 1.807) is 0 Å². The summed E-state index contributed by atoms with van der Waals surface area (Å²) in [5.74, 6) is 0. The zero-order valence-electron chi connectivity index (χ0n) is 12.0. The molecule has 2 fully saturated rings. The molecule has 0 aromatic heterocycles. The summed E-state index contributed by atoms with van der Waals surface area (Å²) in [4.78, 5) is 0. The number of hydrogen-bond donors (Lipinski definition) is 2. The molecule has 4 heteroatoms. The highest BCUT2D eigenvalue weighted by molar-refractivity contribution is 5.23. The number of benzene rings is 1. The SMILES string of the molecule is CC(CO)(NCC1CCC2(COC2)O1)c1ccccc1. The Kier molecular flexibility index (Phi) is 3.82. The smallest absolute Gasteiger partial charge is 0.115 e. The van der Waals surface area contributed by atoms with E-state index in [4.69, 9.17) is 9.47 Å². The summed E-state index contributed by atoms with van der Waals surface area (Å²) in [5.41, 5.74) is 0.674. The molecule has 1 aromatic carbocycles. The van der Waals surface area contributed by atoms with E-state index in [9.17, 15) is 5.11 Å². The van der Waals surface area contributed by atoms with Crippen LogP contribution in [0.1, 0.15) is 25.3 Å². The van der Waals surface area contributed by atoms with Crippen LogP contribution in [0.2, 0.25) is 0 Å². The van der Waals surface area contributed by atoms with Crippen molar-refractivity contribution in [2.45, 2.75) is 37.0 Å². The average Bonchev–Trinajstić information content (AvgIpc) is 2.91. The highest BCUT2D eigenvalue weighted by Crippen LogP contribution is 2.36. The molecule has 0 bridgehead atoms. The first kappa shape index (κ1) is 14.0. The molecule has 2 N–H and O–H groups in total. The quantitative estimate of drug-likeness (QED) is 0.855. The van der Waals surface area contributed by atoms with E-state index in [-0.39, 0.29) is 18.3 Å². The minimum atomic E-state index is -0.420. The summed E-state index contributed by atoms with van der Waals surface area (Å²) in [6.07, 6.45) is 2.36. The van der Waals surface area contributed by atoms with Gasteiger partial charge in [0.2, 0.25) is 0 Å². The first-order valence-electron chi connectivity index (χ1n) is 7.33. The van der Waals surface area contributed by atoms with E-state index >= 15 is 0 Å². The van der Waals surface area contributed by atoms with Crippen molar-refractivity contribution in [2.75, 3.05) is 26.4 Å². The predicted molar refractivity (Wildman–Crippen MR) is 76.5 cm³/mol. The lowest BCUT2D eigenvalue weighted by Crippen LogP contribution is -2.51. The molecule has 110 valence electrons. The monoisotopic (exact) mass is 277 g/mol. The van der Waals surface area contributed by atoms with E-state index in [2.05, 4.69) is 5.32 Å². The third-order valence-corrected chi connectivity index (χ3v) is 4.52. The summed E-state index contributed by atoms with van der Waals surface area (Å²) >= 11 is 0. The lowest BCUT2D eigenvalue weighted by molar-refractivity contribution is -0.199. The van der Waals surface area contributed by atoms with Gasteiger partial charge in [-0.3, -0.25) is 0 Å². The van der Waals surface area contributed by atoms with Crippen LogP contribution in [0.3, 0.4) is 0 Å². The molecular formula is C16H23NO3. The molecule has 3 rings (SSSR count). The van der Waals surface area contributed by atoms with Crippen molar-refractivity contribution in [1.82, 2.24) is 5.32 Å². The van der Waals surface area contributed by atoms with E-state index in [0.29, 0.717) is 0 Å². The Morgan fingerprint density at radius 3 is 2.65 bits per heavy atom. The van der Waals surface area contributed by atoms with E-state index in [1.807, 2.05) is 37.3 Å². The lowest BCUT2D eigenvalue weighted by Gasteiger charge is -2.38. The Bertz CT molecular complexity index is 446. The Labute approximate surface area is 120 Å². The number of nitrogens with one attached hydrogen (secondary N) is 1. The van der Waals surface area contributed by atoms with E-state index < -0.39 is 5.54 Å². The minimum absolute atomic E-state index is 0.00525. The minimum Gasteiger partial charge on any atom is -0.394 e. The summed E-state index contributed by atoms with van der Waals surface area (Å²) in [5, 5.41) is 13.2. The zero-order valence-corrected chi connectivity index (χ0v) is 12.0. The van der Waals surface area contributed by atoms with Gasteiger partial charge in [-0.1, -0.05) is 30.3 Å². The van der Waals surface area contributed by atoms with Gasteiger partial charge in [0.15, 0.2) is 0 Å². The highest BCUT2D eigenvalue weighted by Gasteiger charge is 2.46. The Morgan fingerprint density at radius 1 is 1.35 bits per heavy atom. The van der Waals surface area contributed by atoms with Crippen LogP contribution in [-0.4, -0.2) is 43.2 Å². The first-order chi connectivity index (χ1) is 9.66. The lowest BCUT2D eigenvalue weighted by atomic mass is 9.92. The van der Waals surface area contributed by atoms with Gasteiger partial charge in [-0.05, 0) is 25.3 Å². The predicted octanol–water partition coefficient (Wildman–Crippen LogP) is 1.43. The third kappa shape index (κ3) is 2.61. The van der Waals surface area contributed by atoms with Gasteiger partial charge in [0.25, 0.3) is 0 Å². The van der Waals surface area contributed by atoms with Gasteiger partial charge in [-0.15, -0.1) is 0 Å². The molecule has 2 heterocycles. The van der Waals surface area contributed by atoms with E-state index in [0.717, 1.165) is 38.2 Å². The molecule has 2 aliphatic rings. The van der Waals surface area contributed by atoms with Crippen molar-refractivity contribution in [1.29, 1.82) is 0 Å². The molecule has 4 nitrogen and oxygen atoms in total. The van der Waals surface area contributed by atoms with Gasteiger partial charge in [0, 0.05) is 6.54 Å². The van der Waals surface area contributed by atoms with Crippen LogP contribution in [0, 0.1) is 0 Å². The van der Waals surface area contributed by atoms with Gasteiger partial charge in [-0.2, -0.15) is 0 Å². The van der Waals surface area contributed by atoms with Crippen molar-refractivity contribution in [2.24, 2.45) is 0 Å². The number of hydrogen-bond acceptors (Lipinski definition) is 4. The van der Waals surface area contributed by atoms with Gasteiger partial charge in [0.1, 0.15) is 5.60 Å². The molecule has 2 aliphatic heterocycles. The molecule has 1 spiro atoms. The van der Waals surface area contributed by atoms with Crippen molar-refractivity contribution in [3.05, 3.63) is 35.9 Å². The van der Waals surface area contributed by atoms with Gasteiger partial charge < -0.3 is 19.9 Å². The Morgan fingerprint density at radius 2 is 2.10 bits per heavy atom. The number of ether oxygens (including phenoxy) is 2. The molecule has 2 saturated heterocycles. The summed E-state index contributed by atoms with van der Waals surface area (Å²) in [7, 11) is 0. The second kappa shape index (κ2) is 5.45. The second-order valence-corrected chi connectivity index (χ2v) is 6.19. The maximum Gasteiger partial charge on any atom is 0.115 e.